The number of halogens is 1. The second-order valence-electron chi connectivity index (χ2n) is 2.38. The molecule has 0 bridgehead atoms. The molecule has 0 spiro atoms. The van der Waals surface area contributed by atoms with E-state index < -0.39 is 0 Å². The molecule has 0 radical (unpaired) electrons. The number of amidine groups is 1. The molecule has 1 heterocycles. The molecule has 0 aliphatic rings. The smallest absolute Gasteiger partial charge is 0.194 e. The Morgan fingerprint density at radius 3 is 2.85 bits per heavy atom. The standard InChI is InChI=1S/C8H12N3S.HI/c1-11-5-3-4-7(6-11)10-8(9)12-2;/h3-6H,1-2H3,(H2,9,10);1H/q+1;/p-1. The van der Waals surface area contributed by atoms with Gasteiger partial charge in [0.15, 0.2) is 17.6 Å². The number of nitrogens with two attached hydrogens (primary N) is 1. The molecule has 1 aromatic heterocycles. The van der Waals surface area contributed by atoms with Crippen molar-refractivity contribution in [3.8, 4) is 0 Å². The highest BCUT2D eigenvalue weighted by atomic mass is 127. The SMILES string of the molecule is CSC(N)=Nc1ccc[n+](C)c1.[I-]. The molecule has 0 unspecified atom stereocenters. The molecule has 0 amide bonds. The zero-order valence-corrected chi connectivity index (χ0v) is 10.5. The molecule has 1 aromatic rings. The van der Waals surface area contributed by atoms with Crippen molar-refractivity contribution in [1.29, 1.82) is 0 Å². The lowest BCUT2D eigenvalue weighted by molar-refractivity contribution is -0.670. The third-order valence-corrected chi connectivity index (χ3v) is 1.88. The monoisotopic (exact) mass is 309 g/mol. The number of rotatable bonds is 1. The predicted octanol–water partition coefficient (Wildman–Crippen LogP) is -2.18. The zero-order chi connectivity index (χ0) is 8.97. The van der Waals surface area contributed by atoms with Crippen LogP contribution in [0.4, 0.5) is 5.69 Å². The molecular formula is C8H12IN3S. The quantitative estimate of drug-likeness (QED) is 0.278. The van der Waals surface area contributed by atoms with Gasteiger partial charge in [0.25, 0.3) is 0 Å². The summed E-state index contributed by atoms with van der Waals surface area (Å²) in [4.78, 5) is 4.17. The Hall–Kier alpha value is -0.300. The van der Waals surface area contributed by atoms with Gasteiger partial charge < -0.3 is 29.7 Å². The van der Waals surface area contributed by atoms with Crippen LogP contribution in [0.15, 0.2) is 29.5 Å². The van der Waals surface area contributed by atoms with Gasteiger partial charge >= 0.3 is 0 Å². The largest absolute Gasteiger partial charge is 1.00 e. The van der Waals surface area contributed by atoms with Crippen molar-refractivity contribution in [2.45, 2.75) is 0 Å². The highest BCUT2D eigenvalue weighted by Gasteiger charge is 1.95. The second-order valence-corrected chi connectivity index (χ2v) is 3.21. The number of aliphatic imine (C=N–C) groups is 1. The lowest BCUT2D eigenvalue weighted by Crippen LogP contribution is -3.00. The maximum atomic E-state index is 5.56. The minimum absolute atomic E-state index is 0. The van der Waals surface area contributed by atoms with Crippen LogP contribution < -0.4 is 34.3 Å². The summed E-state index contributed by atoms with van der Waals surface area (Å²) in [5, 5.41) is 0.584. The van der Waals surface area contributed by atoms with Gasteiger partial charge in [0.1, 0.15) is 12.7 Å². The Morgan fingerprint density at radius 1 is 1.62 bits per heavy atom. The third-order valence-electron chi connectivity index (χ3n) is 1.37. The van der Waals surface area contributed by atoms with Gasteiger partial charge in [-0.25, -0.2) is 9.56 Å². The summed E-state index contributed by atoms with van der Waals surface area (Å²) in [6, 6.07) is 3.86. The van der Waals surface area contributed by atoms with Crippen LogP contribution in [0.1, 0.15) is 0 Å². The number of pyridine rings is 1. The molecule has 0 aliphatic heterocycles. The summed E-state index contributed by atoms with van der Waals surface area (Å²) in [6.07, 6.45) is 5.78. The van der Waals surface area contributed by atoms with Gasteiger partial charge in [0, 0.05) is 6.07 Å². The summed E-state index contributed by atoms with van der Waals surface area (Å²) in [7, 11) is 1.95. The van der Waals surface area contributed by atoms with E-state index in [1.807, 2.05) is 42.4 Å². The van der Waals surface area contributed by atoms with Crippen molar-refractivity contribution < 1.29 is 28.5 Å². The average molecular weight is 309 g/mol. The minimum Gasteiger partial charge on any atom is -1.00 e. The first-order valence-corrected chi connectivity index (χ1v) is 4.78. The molecule has 5 heteroatoms. The van der Waals surface area contributed by atoms with Crippen molar-refractivity contribution >= 4 is 22.6 Å². The molecule has 72 valence electrons. The number of nitrogens with zero attached hydrogens (tertiary/aromatic N) is 2. The molecule has 0 saturated carbocycles. The average Bonchev–Trinajstić information content (AvgIpc) is 2.04. The van der Waals surface area contributed by atoms with E-state index in [1.165, 1.54) is 11.8 Å². The molecular weight excluding hydrogens is 297 g/mol. The number of aryl methyl sites for hydroxylation is 1. The first-order valence-electron chi connectivity index (χ1n) is 3.56. The van der Waals surface area contributed by atoms with E-state index in [1.54, 1.807) is 0 Å². The zero-order valence-electron chi connectivity index (χ0n) is 7.57. The lowest BCUT2D eigenvalue weighted by Gasteiger charge is -1.93. The van der Waals surface area contributed by atoms with Gasteiger partial charge in [-0.1, -0.05) is 11.8 Å². The molecule has 0 aliphatic carbocycles. The molecule has 13 heavy (non-hydrogen) atoms. The van der Waals surface area contributed by atoms with Crippen molar-refractivity contribution in [2.75, 3.05) is 6.26 Å². The van der Waals surface area contributed by atoms with Crippen molar-refractivity contribution in [3.63, 3.8) is 0 Å². The van der Waals surface area contributed by atoms with Crippen LogP contribution in [-0.2, 0) is 7.05 Å². The Morgan fingerprint density at radius 2 is 2.31 bits per heavy atom. The van der Waals surface area contributed by atoms with Gasteiger partial charge in [-0.2, -0.15) is 0 Å². The summed E-state index contributed by atoms with van der Waals surface area (Å²) in [6.45, 7) is 0. The van der Waals surface area contributed by atoms with E-state index in [0.29, 0.717) is 5.17 Å². The third kappa shape index (κ3) is 4.47. The molecule has 0 fully saturated rings. The molecule has 0 saturated heterocycles. The number of hydrogen-bond acceptors (Lipinski definition) is 2. The number of aromatic nitrogens is 1. The van der Waals surface area contributed by atoms with Gasteiger partial charge in [0.05, 0.1) is 0 Å². The van der Waals surface area contributed by atoms with Gasteiger partial charge in [-0.05, 0) is 12.3 Å². The first kappa shape index (κ1) is 12.7. The van der Waals surface area contributed by atoms with E-state index >= 15 is 0 Å². The van der Waals surface area contributed by atoms with Gasteiger partial charge in [0.2, 0.25) is 0 Å². The molecule has 2 N–H and O–H groups in total. The molecule has 0 atom stereocenters. The summed E-state index contributed by atoms with van der Waals surface area (Å²) in [5.41, 5.74) is 6.44. The molecule has 3 nitrogen and oxygen atoms in total. The Kier molecular flexibility index (Phi) is 6.06. The maximum Gasteiger partial charge on any atom is 0.194 e. The normalized spacial score (nSPS) is 10.8. The van der Waals surface area contributed by atoms with Gasteiger partial charge in [-0.3, -0.25) is 0 Å². The molecule has 1 rings (SSSR count). The molecule has 0 aromatic carbocycles. The van der Waals surface area contributed by atoms with E-state index in [9.17, 15) is 0 Å². The van der Waals surface area contributed by atoms with Gasteiger partial charge in [-0.15, -0.1) is 0 Å². The van der Waals surface area contributed by atoms with Crippen LogP contribution >= 0.6 is 11.8 Å². The van der Waals surface area contributed by atoms with Crippen molar-refractivity contribution in [1.82, 2.24) is 0 Å². The highest BCUT2D eigenvalue weighted by Crippen LogP contribution is 2.08. The summed E-state index contributed by atoms with van der Waals surface area (Å²) in [5.74, 6) is 0. The minimum atomic E-state index is 0. The fourth-order valence-electron chi connectivity index (χ4n) is 0.811. The maximum absolute atomic E-state index is 5.56. The first-order chi connectivity index (χ1) is 5.72. The van der Waals surface area contributed by atoms with E-state index in [-0.39, 0.29) is 24.0 Å². The van der Waals surface area contributed by atoms with E-state index in [2.05, 4.69) is 4.99 Å². The van der Waals surface area contributed by atoms with Crippen LogP contribution in [0, 0.1) is 0 Å². The number of thioether (sulfide) groups is 1. The van der Waals surface area contributed by atoms with Crippen molar-refractivity contribution in [3.05, 3.63) is 24.5 Å². The highest BCUT2D eigenvalue weighted by molar-refractivity contribution is 8.13. The predicted molar refractivity (Wildman–Crippen MR) is 52.4 cm³/mol. The summed E-state index contributed by atoms with van der Waals surface area (Å²) < 4.78 is 1.94. The van der Waals surface area contributed by atoms with E-state index in [0.717, 1.165) is 5.69 Å². The fraction of sp³-hybridized carbons (Fsp3) is 0.250. The fourth-order valence-corrected chi connectivity index (χ4v) is 1.01. The van der Waals surface area contributed by atoms with Crippen LogP contribution in [-0.4, -0.2) is 11.4 Å². The van der Waals surface area contributed by atoms with Crippen molar-refractivity contribution in [2.24, 2.45) is 17.8 Å². The Labute approximate surface area is 99.5 Å². The van der Waals surface area contributed by atoms with Crippen LogP contribution in [0.2, 0.25) is 0 Å². The number of hydrogen-bond donors (Lipinski definition) is 1. The second kappa shape index (κ2) is 6.20. The van der Waals surface area contributed by atoms with Crippen LogP contribution in [0.3, 0.4) is 0 Å². The Bertz CT molecular complexity index is 301. The van der Waals surface area contributed by atoms with Crippen LogP contribution in [0.25, 0.3) is 0 Å². The lowest BCUT2D eigenvalue weighted by atomic mass is 10.4. The summed E-state index contributed by atoms with van der Waals surface area (Å²) >= 11 is 1.44. The topological polar surface area (TPSA) is 42.3 Å². The van der Waals surface area contributed by atoms with E-state index in [4.69, 9.17) is 5.73 Å². The Balaban J connectivity index is 0.00000144. The van der Waals surface area contributed by atoms with Crippen LogP contribution in [0.5, 0.6) is 0 Å².